The lowest BCUT2D eigenvalue weighted by molar-refractivity contribution is -0.126. The second-order valence-corrected chi connectivity index (χ2v) is 5.09. The number of carbonyl (C=O) groups excluding carboxylic acids is 2. The van der Waals surface area contributed by atoms with Gasteiger partial charge in [0.15, 0.2) is 0 Å². The molecule has 0 aliphatic heterocycles. The summed E-state index contributed by atoms with van der Waals surface area (Å²) in [6, 6.07) is 9.33. The minimum atomic E-state index is -0.371. The molecule has 0 atom stereocenters. The lowest BCUT2D eigenvalue weighted by Crippen LogP contribution is -2.53. The Balaban J connectivity index is 2.04. The van der Waals surface area contributed by atoms with E-state index in [1.54, 1.807) is 12.1 Å². The number of amides is 2. The minimum absolute atomic E-state index is 0.0666. The number of benzene rings is 1. The van der Waals surface area contributed by atoms with Gasteiger partial charge in [-0.3, -0.25) is 9.59 Å². The van der Waals surface area contributed by atoms with Gasteiger partial charge in [0.05, 0.1) is 23.7 Å². The van der Waals surface area contributed by atoms with Gasteiger partial charge in [-0.15, -0.1) is 0 Å². The Kier molecular flexibility index (Phi) is 4.39. The molecule has 5 nitrogen and oxygen atoms in total. The molecule has 0 bridgehead atoms. The van der Waals surface area contributed by atoms with Crippen LogP contribution in [0.3, 0.4) is 0 Å². The van der Waals surface area contributed by atoms with Gasteiger partial charge in [0, 0.05) is 0 Å². The number of hydrogen-bond acceptors (Lipinski definition) is 3. The summed E-state index contributed by atoms with van der Waals surface area (Å²) in [6.07, 6.45) is 3.90. The normalized spacial score (nSPS) is 15.2. The zero-order valence-electron chi connectivity index (χ0n) is 11.7. The quantitative estimate of drug-likeness (QED) is 0.800. The Morgan fingerprint density at radius 2 is 2.00 bits per heavy atom. The summed E-state index contributed by atoms with van der Waals surface area (Å²) in [5.74, 6) is -0.597. The number of carbonyl (C=O) groups is 2. The lowest BCUT2D eigenvalue weighted by Gasteiger charge is -2.43. The Morgan fingerprint density at radius 3 is 2.48 bits per heavy atom. The molecule has 5 heteroatoms. The first-order valence-electron chi connectivity index (χ1n) is 6.81. The van der Waals surface area contributed by atoms with Crippen molar-refractivity contribution in [2.45, 2.75) is 24.8 Å². The van der Waals surface area contributed by atoms with E-state index in [4.69, 9.17) is 5.26 Å². The van der Waals surface area contributed by atoms with Gasteiger partial charge >= 0.3 is 0 Å². The molecule has 0 saturated heterocycles. The fraction of sp³-hybridized carbons (Fsp3) is 0.312. The van der Waals surface area contributed by atoms with Crippen molar-refractivity contribution in [1.29, 1.82) is 5.26 Å². The van der Waals surface area contributed by atoms with E-state index in [1.165, 1.54) is 0 Å². The van der Waals surface area contributed by atoms with Crippen LogP contribution < -0.4 is 10.6 Å². The van der Waals surface area contributed by atoms with Crippen LogP contribution in [0.2, 0.25) is 0 Å². The molecule has 0 heterocycles. The van der Waals surface area contributed by atoms with Crippen LogP contribution in [0, 0.1) is 11.3 Å². The van der Waals surface area contributed by atoms with Crippen molar-refractivity contribution in [3.8, 4) is 6.07 Å². The largest absolute Gasteiger partial charge is 0.345 e. The smallest absolute Gasteiger partial charge is 0.243 e. The third kappa shape index (κ3) is 3.29. The molecule has 0 unspecified atom stereocenters. The average Bonchev–Trinajstić information content (AvgIpc) is 2.48. The van der Waals surface area contributed by atoms with E-state index in [0.29, 0.717) is 5.56 Å². The van der Waals surface area contributed by atoms with Gasteiger partial charge in [0.1, 0.15) is 0 Å². The molecule has 0 radical (unpaired) electrons. The first kappa shape index (κ1) is 14.8. The molecule has 108 valence electrons. The standard InChI is InChI=1S/C16H17N3O2/c1-2-14(20)18-11-15(21)19-16(8-3-9-16)13-6-4-12(10-17)5-7-13/h2,4-7H,1,3,8-9,11H2,(H,18,20)(H,19,21). The SMILES string of the molecule is C=CC(=O)NCC(=O)NC1(c2ccc(C#N)cc2)CCC1. The van der Waals surface area contributed by atoms with Crippen molar-refractivity contribution >= 4 is 11.8 Å². The second-order valence-electron chi connectivity index (χ2n) is 5.09. The maximum absolute atomic E-state index is 12.0. The summed E-state index contributed by atoms with van der Waals surface area (Å²) in [4.78, 5) is 23.0. The summed E-state index contributed by atoms with van der Waals surface area (Å²) in [5, 5.41) is 14.3. The highest BCUT2D eigenvalue weighted by Crippen LogP contribution is 2.41. The van der Waals surface area contributed by atoms with E-state index in [0.717, 1.165) is 30.9 Å². The fourth-order valence-corrected chi connectivity index (χ4v) is 2.43. The topological polar surface area (TPSA) is 82.0 Å². The van der Waals surface area contributed by atoms with Gasteiger partial charge < -0.3 is 10.6 Å². The number of hydrogen-bond donors (Lipinski definition) is 2. The fourth-order valence-electron chi connectivity index (χ4n) is 2.43. The zero-order valence-corrected chi connectivity index (χ0v) is 11.7. The minimum Gasteiger partial charge on any atom is -0.345 e. The van der Waals surface area contributed by atoms with E-state index in [-0.39, 0.29) is 23.9 Å². The van der Waals surface area contributed by atoms with Crippen LogP contribution in [0.4, 0.5) is 0 Å². The van der Waals surface area contributed by atoms with Crippen molar-refractivity contribution in [1.82, 2.24) is 10.6 Å². The number of rotatable bonds is 5. The molecule has 1 fully saturated rings. The van der Waals surface area contributed by atoms with Crippen LogP contribution in [0.15, 0.2) is 36.9 Å². The summed E-state index contributed by atoms with van der Waals surface area (Å²) in [7, 11) is 0. The number of nitriles is 1. The van der Waals surface area contributed by atoms with Crippen molar-refractivity contribution in [2.24, 2.45) is 0 Å². The third-order valence-electron chi connectivity index (χ3n) is 3.76. The predicted octanol–water partition coefficient (Wildman–Crippen LogP) is 1.36. The molecule has 1 aromatic carbocycles. The van der Waals surface area contributed by atoms with Gasteiger partial charge in [0.2, 0.25) is 11.8 Å². The lowest BCUT2D eigenvalue weighted by atomic mass is 9.71. The zero-order chi connectivity index (χ0) is 15.3. The molecule has 1 saturated carbocycles. The third-order valence-corrected chi connectivity index (χ3v) is 3.76. The van der Waals surface area contributed by atoms with Gasteiger partial charge in [-0.05, 0) is 43.0 Å². The van der Waals surface area contributed by atoms with Crippen molar-refractivity contribution in [3.05, 3.63) is 48.0 Å². The summed E-state index contributed by atoms with van der Waals surface area (Å²) in [5.41, 5.74) is 1.22. The van der Waals surface area contributed by atoms with Crippen LogP contribution in [-0.2, 0) is 15.1 Å². The van der Waals surface area contributed by atoms with Gasteiger partial charge in [0.25, 0.3) is 0 Å². The van der Waals surface area contributed by atoms with Gasteiger partial charge in [-0.2, -0.15) is 5.26 Å². The molecule has 1 aliphatic rings. The van der Waals surface area contributed by atoms with E-state index in [9.17, 15) is 9.59 Å². The van der Waals surface area contributed by atoms with Crippen LogP contribution in [0.25, 0.3) is 0 Å². The molecule has 21 heavy (non-hydrogen) atoms. The molecule has 0 spiro atoms. The number of nitrogens with zero attached hydrogens (tertiary/aromatic N) is 1. The Bertz CT molecular complexity index is 595. The van der Waals surface area contributed by atoms with Gasteiger partial charge in [-0.25, -0.2) is 0 Å². The molecule has 2 rings (SSSR count). The van der Waals surface area contributed by atoms with Crippen LogP contribution >= 0.6 is 0 Å². The monoisotopic (exact) mass is 283 g/mol. The summed E-state index contributed by atoms with van der Waals surface area (Å²) >= 11 is 0. The highest BCUT2D eigenvalue weighted by Gasteiger charge is 2.39. The van der Waals surface area contributed by atoms with Crippen LogP contribution in [-0.4, -0.2) is 18.4 Å². The van der Waals surface area contributed by atoms with Crippen molar-refractivity contribution in [3.63, 3.8) is 0 Å². The van der Waals surface area contributed by atoms with E-state index >= 15 is 0 Å². The van der Waals surface area contributed by atoms with Crippen LogP contribution in [0.5, 0.6) is 0 Å². The van der Waals surface area contributed by atoms with Crippen molar-refractivity contribution in [2.75, 3.05) is 6.54 Å². The maximum atomic E-state index is 12.0. The molecule has 2 N–H and O–H groups in total. The van der Waals surface area contributed by atoms with E-state index in [2.05, 4.69) is 23.3 Å². The van der Waals surface area contributed by atoms with E-state index < -0.39 is 0 Å². The predicted molar refractivity (Wildman–Crippen MR) is 78.0 cm³/mol. The first-order valence-corrected chi connectivity index (χ1v) is 6.81. The van der Waals surface area contributed by atoms with Gasteiger partial charge in [-0.1, -0.05) is 18.7 Å². The Hall–Kier alpha value is -2.61. The van der Waals surface area contributed by atoms with Crippen LogP contribution in [0.1, 0.15) is 30.4 Å². The Labute approximate surface area is 123 Å². The number of nitrogens with one attached hydrogen (secondary N) is 2. The molecular weight excluding hydrogens is 266 g/mol. The van der Waals surface area contributed by atoms with E-state index in [1.807, 2.05) is 12.1 Å². The second kappa shape index (κ2) is 6.23. The highest BCUT2D eigenvalue weighted by atomic mass is 16.2. The molecule has 2 amide bonds. The summed E-state index contributed by atoms with van der Waals surface area (Å²) in [6.45, 7) is 3.27. The molecule has 1 aromatic rings. The molecular formula is C16H17N3O2. The average molecular weight is 283 g/mol. The first-order chi connectivity index (χ1) is 10.1. The molecule has 0 aromatic heterocycles. The van der Waals surface area contributed by atoms with Crippen molar-refractivity contribution < 1.29 is 9.59 Å². The highest BCUT2D eigenvalue weighted by molar-refractivity contribution is 5.90. The Morgan fingerprint density at radius 1 is 1.33 bits per heavy atom. The maximum Gasteiger partial charge on any atom is 0.243 e. The molecule has 1 aliphatic carbocycles. The summed E-state index contributed by atoms with van der Waals surface area (Å²) < 4.78 is 0.